The van der Waals surface area contributed by atoms with Crippen LogP contribution < -0.4 is 10.6 Å². The SMILES string of the molecule is CC(=O)Nc1ccc(F)c(NCc2ccc(Cl)s2)c1. The lowest BCUT2D eigenvalue weighted by Crippen LogP contribution is -2.07. The fourth-order valence-electron chi connectivity index (χ4n) is 1.57. The lowest BCUT2D eigenvalue weighted by atomic mass is 10.2. The van der Waals surface area contributed by atoms with Crippen LogP contribution in [0.25, 0.3) is 0 Å². The van der Waals surface area contributed by atoms with Crippen molar-refractivity contribution in [3.63, 3.8) is 0 Å². The van der Waals surface area contributed by atoms with Gasteiger partial charge in [-0.3, -0.25) is 4.79 Å². The fraction of sp³-hybridized carbons (Fsp3) is 0.154. The van der Waals surface area contributed by atoms with E-state index in [1.807, 2.05) is 6.07 Å². The van der Waals surface area contributed by atoms with Crippen molar-refractivity contribution < 1.29 is 9.18 Å². The lowest BCUT2D eigenvalue weighted by molar-refractivity contribution is -0.114. The van der Waals surface area contributed by atoms with E-state index in [1.54, 1.807) is 12.1 Å². The first kappa shape index (κ1) is 13.8. The molecule has 0 aliphatic carbocycles. The predicted molar refractivity (Wildman–Crippen MR) is 77.4 cm³/mol. The molecule has 0 saturated carbocycles. The highest BCUT2D eigenvalue weighted by Gasteiger charge is 2.05. The molecule has 3 nitrogen and oxygen atoms in total. The molecule has 0 fully saturated rings. The zero-order valence-corrected chi connectivity index (χ0v) is 11.7. The van der Waals surface area contributed by atoms with Gasteiger partial charge in [0.2, 0.25) is 5.91 Å². The van der Waals surface area contributed by atoms with E-state index in [2.05, 4.69) is 10.6 Å². The minimum atomic E-state index is -0.364. The fourth-order valence-corrected chi connectivity index (χ4v) is 2.60. The van der Waals surface area contributed by atoms with Crippen molar-refractivity contribution in [2.24, 2.45) is 0 Å². The normalized spacial score (nSPS) is 10.3. The Morgan fingerprint density at radius 3 is 2.79 bits per heavy atom. The van der Waals surface area contributed by atoms with Crippen molar-refractivity contribution in [2.75, 3.05) is 10.6 Å². The molecule has 0 radical (unpaired) electrons. The molecule has 2 N–H and O–H groups in total. The van der Waals surface area contributed by atoms with Crippen LogP contribution in [0.1, 0.15) is 11.8 Å². The topological polar surface area (TPSA) is 41.1 Å². The van der Waals surface area contributed by atoms with Gasteiger partial charge in [-0.05, 0) is 30.3 Å². The van der Waals surface area contributed by atoms with Crippen LogP contribution in [0.2, 0.25) is 4.34 Å². The summed E-state index contributed by atoms with van der Waals surface area (Å²) in [5.41, 5.74) is 0.899. The summed E-state index contributed by atoms with van der Waals surface area (Å²) in [6, 6.07) is 8.08. The summed E-state index contributed by atoms with van der Waals surface area (Å²) in [5.74, 6) is -0.556. The molecule has 0 atom stereocenters. The molecular weight excluding hydrogens is 287 g/mol. The first-order valence-corrected chi connectivity index (χ1v) is 6.79. The standard InChI is InChI=1S/C13H12ClFN2OS/c1-8(18)17-9-2-4-11(15)12(6-9)16-7-10-3-5-13(14)19-10/h2-6,16H,7H2,1H3,(H,17,18). The van der Waals surface area contributed by atoms with Gasteiger partial charge in [0.25, 0.3) is 0 Å². The number of benzene rings is 1. The molecule has 0 saturated heterocycles. The monoisotopic (exact) mass is 298 g/mol. The van der Waals surface area contributed by atoms with Gasteiger partial charge in [-0.1, -0.05) is 11.6 Å². The number of halogens is 2. The number of nitrogens with one attached hydrogen (secondary N) is 2. The van der Waals surface area contributed by atoms with E-state index in [1.165, 1.54) is 30.4 Å². The maximum absolute atomic E-state index is 13.6. The molecule has 2 aromatic rings. The second kappa shape index (κ2) is 6.04. The zero-order chi connectivity index (χ0) is 13.8. The smallest absolute Gasteiger partial charge is 0.221 e. The summed E-state index contributed by atoms with van der Waals surface area (Å²) in [6.45, 7) is 1.89. The van der Waals surface area contributed by atoms with Crippen molar-refractivity contribution in [1.82, 2.24) is 0 Å². The quantitative estimate of drug-likeness (QED) is 0.892. The number of anilines is 2. The Balaban J connectivity index is 2.08. The number of hydrogen-bond acceptors (Lipinski definition) is 3. The van der Waals surface area contributed by atoms with Gasteiger partial charge in [-0.15, -0.1) is 11.3 Å². The minimum absolute atomic E-state index is 0.192. The summed E-state index contributed by atoms with van der Waals surface area (Å²) in [7, 11) is 0. The van der Waals surface area contributed by atoms with Gasteiger partial charge in [0, 0.05) is 24.0 Å². The first-order chi connectivity index (χ1) is 9.04. The molecule has 6 heteroatoms. The maximum Gasteiger partial charge on any atom is 0.221 e. The van der Waals surface area contributed by atoms with Gasteiger partial charge in [-0.2, -0.15) is 0 Å². The Kier molecular flexibility index (Phi) is 4.39. The van der Waals surface area contributed by atoms with Crippen LogP contribution in [0.15, 0.2) is 30.3 Å². The summed E-state index contributed by atoms with van der Waals surface area (Å²) >= 11 is 7.26. The van der Waals surface area contributed by atoms with E-state index in [-0.39, 0.29) is 11.7 Å². The molecule has 0 aliphatic rings. The van der Waals surface area contributed by atoms with Gasteiger partial charge in [0.05, 0.1) is 10.0 Å². The summed E-state index contributed by atoms with van der Waals surface area (Å²) in [4.78, 5) is 12.0. The van der Waals surface area contributed by atoms with E-state index < -0.39 is 0 Å². The Labute approximate surface area is 119 Å². The molecule has 0 aliphatic heterocycles. The Hall–Kier alpha value is -1.59. The Morgan fingerprint density at radius 1 is 1.37 bits per heavy atom. The van der Waals surface area contributed by atoms with E-state index >= 15 is 0 Å². The molecule has 0 unspecified atom stereocenters. The van der Waals surface area contributed by atoms with E-state index in [0.29, 0.717) is 22.3 Å². The molecule has 100 valence electrons. The van der Waals surface area contributed by atoms with E-state index in [0.717, 1.165) is 4.88 Å². The molecule has 1 amide bonds. The maximum atomic E-state index is 13.6. The molecule has 2 rings (SSSR count). The number of hydrogen-bond donors (Lipinski definition) is 2. The third kappa shape index (κ3) is 3.94. The summed E-state index contributed by atoms with van der Waals surface area (Å²) in [5, 5.41) is 5.59. The first-order valence-electron chi connectivity index (χ1n) is 5.60. The van der Waals surface area contributed by atoms with Crippen LogP contribution >= 0.6 is 22.9 Å². The third-order valence-corrected chi connectivity index (χ3v) is 3.60. The zero-order valence-electron chi connectivity index (χ0n) is 10.2. The second-order valence-electron chi connectivity index (χ2n) is 3.94. The van der Waals surface area contributed by atoms with E-state index in [9.17, 15) is 9.18 Å². The largest absolute Gasteiger partial charge is 0.378 e. The van der Waals surface area contributed by atoms with Gasteiger partial charge >= 0.3 is 0 Å². The minimum Gasteiger partial charge on any atom is -0.378 e. The van der Waals surface area contributed by atoms with Crippen LogP contribution in [0.4, 0.5) is 15.8 Å². The Bertz CT molecular complexity index is 600. The van der Waals surface area contributed by atoms with Gasteiger partial charge in [-0.25, -0.2) is 4.39 Å². The van der Waals surface area contributed by atoms with Crippen molar-refractivity contribution in [3.8, 4) is 0 Å². The van der Waals surface area contributed by atoms with Crippen molar-refractivity contribution in [3.05, 3.63) is 45.4 Å². The average molecular weight is 299 g/mol. The molecule has 1 aromatic carbocycles. The van der Waals surface area contributed by atoms with Gasteiger partial charge in [0.1, 0.15) is 5.82 Å². The molecule has 19 heavy (non-hydrogen) atoms. The van der Waals surface area contributed by atoms with Crippen LogP contribution in [0.3, 0.4) is 0 Å². The number of amides is 1. The van der Waals surface area contributed by atoms with Crippen molar-refractivity contribution in [2.45, 2.75) is 13.5 Å². The molecule has 0 spiro atoms. The third-order valence-electron chi connectivity index (χ3n) is 2.37. The van der Waals surface area contributed by atoms with E-state index in [4.69, 9.17) is 11.6 Å². The number of carbonyl (C=O) groups is 1. The predicted octanol–water partition coefficient (Wildman–Crippen LogP) is 4.11. The van der Waals surface area contributed by atoms with Crippen LogP contribution in [-0.4, -0.2) is 5.91 Å². The van der Waals surface area contributed by atoms with Crippen LogP contribution in [-0.2, 0) is 11.3 Å². The summed E-state index contributed by atoms with van der Waals surface area (Å²) in [6.07, 6.45) is 0. The van der Waals surface area contributed by atoms with Crippen LogP contribution in [0.5, 0.6) is 0 Å². The van der Waals surface area contributed by atoms with Crippen LogP contribution in [0, 0.1) is 5.82 Å². The highest BCUT2D eigenvalue weighted by molar-refractivity contribution is 7.16. The number of carbonyl (C=O) groups excluding carboxylic acids is 1. The molecule has 0 bridgehead atoms. The highest BCUT2D eigenvalue weighted by atomic mass is 35.5. The lowest BCUT2D eigenvalue weighted by Gasteiger charge is -2.09. The number of thiophene rings is 1. The van der Waals surface area contributed by atoms with Gasteiger partial charge in [0.15, 0.2) is 0 Å². The molecular formula is C13H12ClFN2OS. The van der Waals surface area contributed by atoms with Crippen molar-refractivity contribution >= 4 is 40.2 Å². The summed E-state index contributed by atoms with van der Waals surface area (Å²) < 4.78 is 14.3. The second-order valence-corrected chi connectivity index (χ2v) is 5.73. The highest BCUT2D eigenvalue weighted by Crippen LogP contribution is 2.24. The molecule has 1 aromatic heterocycles. The van der Waals surface area contributed by atoms with Crippen molar-refractivity contribution in [1.29, 1.82) is 0 Å². The average Bonchev–Trinajstić information content (AvgIpc) is 2.75. The molecule has 1 heterocycles. The number of rotatable bonds is 4. The van der Waals surface area contributed by atoms with Gasteiger partial charge < -0.3 is 10.6 Å². The Morgan fingerprint density at radius 2 is 2.16 bits per heavy atom.